The molecule has 0 atom stereocenters. The van der Waals surface area contributed by atoms with Crippen molar-refractivity contribution in [3.8, 4) is 0 Å². The summed E-state index contributed by atoms with van der Waals surface area (Å²) in [6.45, 7) is 4.24. The van der Waals surface area contributed by atoms with Gasteiger partial charge in [0.05, 0.1) is 6.61 Å². The average Bonchev–Trinajstić information content (AvgIpc) is 2.29. The maximum atomic E-state index is 9.05. The first-order valence-electron chi connectivity index (χ1n) is 5.57. The SMILES string of the molecule is CCCN(CCO)c1cc(Cl)ccc1CN. The van der Waals surface area contributed by atoms with Gasteiger partial charge in [-0.25, -0.2) is 0 Å². The Morgan fingerprint density at radius 3 is 2.69 bits per heavy atom. The van der Waals surface area contributed by atoms with Crippen molar-refractivity contribution in [2.24, 2.45) is 5.73 Å². The van der Waals surface area contributed by atoms with Crippen LogP contribution in [0.3, 0.4) is 0 Å². The van der Waals surface area contributed by atoms with Gasteiger partial charge in [-0.05, 0) is 24.1 Å². The lowest BCUT2D eigenvalue weighted by Crippen LogP contribution is -2.28. The van der Waals surface area contributed by atoms with E-state index in [2.05, 4.69) is 11.8 Å². The maximum Gasteiger partial charge on any atom is 0.0606 e. The Morgan fingerprint density at radius 2 is 2.12 bits per heavy atom. The average molecular weight is 243 g/mol. The Kier molecular flexibility index (Phi) is 5.60. The summed E-state index contributed by atoms with van der Waals surface area (Å²) in [5.41, 5.74) is 7.79. The second-order valence-electron chi connectivity index (χ2n) is 3.69. The Bertz CT molecular complexity index is 325. The minimum atomic E-state index is 0.135. The lowest BCUT2D eigenvalue weighted by atomic mass is 10.1. The number of rotatable bonds is 6. The predicted molar refractivity (Wildman–Crippen MR) is 68.9 cm³/mol. The maximum absolute atomic E-state index is 9.05. The fourth-order valence-corrected chi connectivity index (χ4v) is 1.91. The quantitative estimate of drug-likeness (QED) is 0.802. The minimum Gasteiger partial charge on any atom is -0.395 e. The largest absolute Gasteiger partial charge is 0.395 e. The summed E-state index contributed by atoms with van der Waals surface area (Å²) >= 11 is 5.99. The van der Waals surface area contributed by atoms with Gasteiger partial charge in [-0.3, -0.25) is 0 Å². The number of anilines is 1. The van der Waals surface area contributed by atoms with Crippen molar-refractivity contribution in [3.63, 3.8) is 0 Å². The van der Waals surface area contributed by atoms with Crippen LogP contribution in [0.2, 0.25) is 5.02 Å². The molecule has 0 saturated heterocycles. The molecule has 4 heteroatoms. The Hall–Kier alpha value is -0.770. The molecule has 3 N–H and O–H groups in total. The highest BCUT2D eigenvalue weighted by molar-refractivity contribution is 6.30. The highest BCUT2D eigenvalue weighted by Crippen LogP contribution is 2.24. The number of aliphatic hydroxyl groups is 1. The molecular formula is C12H19ClN2O. The lowest BCUT2D eigenvalue weighted by Gasteiger charge is -2.26. The van der Waals surface area contributed by atoms with E-state index in [1.165, 1.54) is 0 Å². The first kappa shape index (κ1) is 13.3. The van der Waals surface area contributed by atoms with Crippen molar-refractivity contribution in [3.05, 3.63) is 28.8 Å². The van der Waals surface area contributed by atoms with Gasteiger partial charge in [-0.2, -0.15) is 0 Å². The number of benzene rings is 1. The molecule has 0 saturated carbocycles. The smallest absolute Gasteiger partial charge is 0.0606 e. The molecule has 90 valence electrons. The van der Waals surface area contributed by atoms with Crippen LogP contribution in [0.25, 0.3) is 0 Å². The monoisotopic (exact) mass is 242 g/mol. The first-order chi connectivity index (χ1) is 7.72. The van der Waals surface area contributed by atoms with E-state index in [1.807, 2.05) is 18.2 Å². The first-order valence-corrected chi connectivity index (χ1v) is 5.95. The molecule has 1 aromatic carbocycles. The van der Waals surface area contributed by atoms with E-state index >= 15 is 0 Å². The standard InChI is InChI=1S/C12H19ClN2O/c1-2-5-15(6-7-16)12-8-11(13)4-3-10(12)9-14/h3-4,8,16H,2,5-7,9,14H2,1H3. The summed E-state index contributed by atoms with van der Waals surface area (Å²) in [7, 11) is 0. The van der Waals surface area contributed by atoms with Gasteiger partial charge in [-0.1, -0.05) is 24.6 Å². The molecule has 0 heterocycles. The van der Waals surface area contributed by atoms with Crippen LogP contribution in [0, 0.1) is 0 Å². The minimum absolute atomic E-state index is 0.135. The van der Waals surface area contributed by atoms with Gasteiger partial charge in [-0.15, -0.1) is 0 Å². The zero-order chi connectivity index (χ0) is 12.0. The van der Waals surface area contributed by atoms with E-state index in [-0.39, 0.29) is 6.61 Å². The van der Waals surface area contributed by atoms with E-state index in [1.54, 1.807) is 0 Å². The molecule has 0 amide bonds. The molecule has 0 unspecified atom stereocenters. The van der Waals surface area contributed by atoms with Crippen LogP contribution in [0.15, 0.2) is 18.2 Å². The Morgan fingerprint density at radius 1 is 1.38 bits per heavy atom. The van der Waals surface area contributed by atoms with Gasteiger partial charge in [0, 0.05) is 30.3 Å². The molecule has 16 heavy (non-hydrogen) atoms. The van der Waals surface area contributed by atoms with E-state index in [9.17, 15) is 0 Å². The molecule has 0 aliphatic heterocycles. The molecule has 0 fully saturated rings. The molecule has 3 nitrogen and oxygen atoms in total. The number of nitrogens with zero attached hydrogens (tertiary/aromatic N) is 1. The van der Waals surface area contributed by atoms with Gasteiger partial charge in [0.2, 0.25) is 0 Å². The van der Waals surface area contributed by atoms with Crippen LogP contribution < -0.4 is 10.6 Å². The van der Waals surface area contributed by atoms with Gasteiger partial charge in [0.1, 0.15) is 0 Å². The summed E-state index contributed by atoms with van der Waals surface area (Å²) in [5, 5.41) is 9.75. The second kappa shape index (κ2) is 6.74. The zero-order valence-electron chi connectivity index (χ0n) is 9.62. The van der Waals surface area contributed by atoms with Gasteiger partial charge in [0.15, 0.2) is 0 Å². The Balaban J connectivity index is 3.00. The van der Waals surface area contributed by atoms with E-state index < -0.39 is 0 Å². The summed E-state index contributed by atoms with van der Waals surface area (Å²) in [5.74, 6) is 0. The van der Waals surface area contributed by atoms with Crippen molar-refractivity contribution in [1.29, 1.82) is 0 Å². The molecule has 1 rings (SSSR count). The van der Waals surface area contributed by atoms with Crippen molar-refractivity contribution < 1.29 is 5.11 Å². The molecule has 0 bridgehead atoms. The third kappa shape index (κ3) is 3.37. The number of aliphatic hydroxyl groups excluding tert-OH is 1. The Labute approximate surface area is 102 Å². The molecule has 0 spiro atoms. The molecule has 1 aromatic rings. The number of nitrogens with two attached hydrogens (primary N) is 1. The fourth-order valence-electron chi connectivity index (χ4n) is 1.75. The topological polar surface area (TPSA) is 49.5 Å². The summed E-state index contributed by atoms with van der Waals surface area (Å²) in [6, 6.07) is 5.70. The third-order valence-electron chi connectivity index (χ3n) is 2.47. The highest BCUT2D eigenvalue weighted by atomic mass is 35.5. The van der Waals surface area contributed by atoms with E-state index in [0.29, 0.717) is 18.1 Å². The molecule has 0 aliphatic rings. The molecule has 0 radical (unpaired) electrons. The van der Waals surface area contributed by atoms with E-state index in [4.69, 9.17) is 22.4 Å². The van der Waals surface area contributed by atoms with Gasteiger partial charge in [0.25, 0.3) is 0 Å². The highest BCUT2D eigenvalue weighted by Gasteiger charge is 2.09. The molecule has 0 aliphatic carbocycles. The second-order valence-corrected chi connectivity index (χ2v) is 4.12. The summed E-state index contributed by atoms with van der Waals surface area (Å²) in [6.07, 6.45) is 1.02. The van der Waals surface area contributed by atoms with Crippen LogP contribution in [0.5, 0.6) is 0 Å². The van der Waals surface area contributed by atoms with Crippen LogP contribution in [-0.4, -0.2) is 24.8 Å². The number of hydrogen-bond donors (Lipinski definition) is 2. The zero-order valence-corrected chi connectivity index (χ0v) is 10.4. The van der Waals surface area contributed by atoms with Crippen molar-refractivity contribution >= 4 is 17.3 Å². The van der Waals surface area contributed by atoms with Crippen LogP contribution in [0.1, 0.15) is 18.9 Å². The van der Waals surface area contributed by atoms with Crippen molar-refractivity contribution in [2.75, 3.05) is 24.6 Å². The normalized spacial score (nSPS) is 10.5. The van der Waals surface area contributed by atoms with Crippen LogP contribution in [-0.2, 0) is 6.54 Å². The van der Waals surface area contributed by atoms with E-state index in [0.717, 1.165) is 24.2 Å². The van der Waals surface area contributed by atoms with Crippen molar-refractivity contribution in [1.82, 2.24) is 0 Å². The number of hydrogen-bond acceptors (Lipinski definition) is 3. The van der Waals surface area contributed by atoms with Crippen LogP contribution >= 0.6 is 11.6 Å². The lowest BCUT2D eigenvalue weighted by molar-refractivity contribution is 0.301. The molecular weight excluding hydrogens is 224 g/mol. The predicted octanol–water partition coefficient (Wildman–Crippen LogP) is 2.01. The van der Waals surface area contributed by atoms with Gasteiger partial charge < -0.3 is 15.7 Å². The van der Waals surface area contributed by atoms with Gasteiger partial charge >= 0.3 is 0 Å². The fraction of sp³-hybridized carbons (Fsp3) is 0.500. The summed E-state index contributed by atoms with van der Waals surface area (Å²) in [4.78, 5) is 2.12. The van der Waals surface area contributed by atoms with Crippen LogP contribution in [0.4, 0.5) is 5.69 Å². The molecule has 0 aromatic heterocycles. The summed E-state index contributed by atoms with van der Waals surface area (Å²) < 4.78 is 0. The number of halogens is 1. The van der Waals surface area contributed by atoms with Crippen molar-refractivity contribution in [2.45, 2.75) is 19.9 Å². The third-order valence-corrected chi connectivity index (χ3v) is 2.71.